The zero-order valence-corrected chi connectivity index (χ0v) is 11.3. The molecule has 2 atom stereocenters. The molecule has 0 saturated carbocycles. The molecule has 0 amide bonds. The number of methoxy groups -OCH3 is 1. The fraction of sp³-hybridized carbons (Fsp3) is 0.643. The fourth-order valence-corrected chi connectivity index (χ4v) is 1.60. The highest BCUT2D eigenvalue weighted by Crippen LogP contribution is 2.12. The van der Waals surface area contributed by atoms with Crippen LogP contribution in [0, 0.1) is 0 Å². The van der Waals surface area contributed by atoms with Crippen molar-refractivity contribution in [3.05, 3.63) is 23.8 Å². The van der Waals surface area contributed by atoms with Gasteiger partial charge in [-0.15, -0.1) is 0 Å². The number of hydrogen-bond donors (Lipinski definition) is 0. The van der Waals surface area contributed by atoms with Gasteiger partial charge in [-0.3, -0.25) is 0 Å². The maximum absolute atomic E-state index is 11.7. The first-order chi connectivity index (χ1) is 8.67. The number of carbonyl (C=O) groups excluding carboxylic acids is 1. The lowest BCUT2D eigenvalue weighted by Gasteiger charge is -2.20. The first kappa shape index (κ1) is 14.9. The molecule has 0 aromatic carbocycles. The number of rotatable bonds is 7. The Morgan fingerprint density at radius 1 is 1.44 bits per heavy atom. The van der Waals surface area contributed by atoms with E-state index in [-0.39, 0.29) is 25.0 Å². The second kappa shape index (κ2) is 8.06. The standard InChI is InChI=1S/C14H22O4/c1-4-13(18-11(2)16-3)10-17-14(15)12-8-6-5-7-9-12/h6,8-9,11,13H,4-5,7,10H2,1-3H3. The first-order valence-corrected chi connectivity index (χ1v) is 6.39. The van der Waals surface area contributed by atoms with E-state index in [0.717, 1.165) is 19.3 Å². The van der Waals surface area contributed by atoms with Gasteiger partial charge in [-0.2, -0.15) is 0 Å². The molecule has 1 aliphatic carbocycles. The zero-order chi connectivity index (χ0) is 13.4. The molecular weight excluding hydrogens is 232 g/mol. The zero-order valence-electron chi connectivity index (χ0n) is 11.3. The van der Waals surface area contributed by atoms with E-state index in [1.165, 1.54) is 0 Å². The largest absolute Gasteiger partial charge is 0.459 e. The van der Waals surface area contributed by atoms with Crippen LogP contribution in [0.3, 0.4) is 0 Å². The number of hydrogen-bond acceptors (Lipinski definition) is 4. The maximum atomic E-state index is 11.7. The normalized spacial score (nSPS) is 18.1. The van der Waals surface area contributed by atoms with Crippen LogP contribution in [0.25, 0.3) is 0 Å². The van der Waals surface area contributed by atoms with Crippen molar-refractivity contribution < 1.29 is 19.0 Å². The van der Waals surface area contributed by atoms with Crippen LogP contribution in [0.5, 0.6) is 0 Å². The molecule has 0 heterocycles. The minimum absolute atomic E-state index is 0.128. The van der Waals surface area contributed by atoms with Gasteiger partial charge in [0.05, 0.1) is 11.7 Å². The van der Waals surface area contributed by atoms with Gasteiger partial charge in [0.15, 0.2) is 6.29 Å². The number of allylic oxidation sites excluding steroid dienone is 2. The van der Waals surface area contributed by atoms with Gasteiger partial charge in [0.2, 0.25) is 0 Å². The van der Waals surface area contributed by atoms with Gasteiger partial charge in [0.25, 0.3) is 0 Å². The third-order valence-electron chi connectivity index (χ3n) is 2.80. The average Bonchev–Trinajstić information content (AvgIpc) is 2.43. The summed E-state index contributed by atoms with van der Waals surface area (Å²) in [5, 5.41) is 0. The van der Waals surface area contributed by atoms with E-state index >= 15 is 0 Å². The van der Waals surface area contributed by atoms with Crippen molar-refractivity contribution in [3.63, 3.8) is 0 Å². The van der Waals surface area contributed by atoms with Gasteiger partial charge in [-0.1, -0.05) is 25.2 Å². The van der Waals surface area contributed by atoms with E-state index in [0.29, 0.717) is 5.57 Å². The molecule has 1 rings (SSSR count). The molecular formula is C14H22O4. The summed E-state index contributed by atoms with van der Waals surface area (Å²) in [5.74, 6) is -0.280. The summed E-state index contributed by atoms with van der Waals surface area (Å²) in [6, 6.07) is 0. The van der Waals surface area contributed by atoms with Crippen LogP contribution in [-0.2, 0) is 19.0 Å². The van der Waals surface area contributed by atoms with Gasteiger partial charge in [-0.25, -0.2) is 4.79 Å². The smallest absolute Gasteiger partial charge is 0.337 e. The van der Waals surface area contributed by atoms with Crippen LogP contribution in [0.1, 0.15) is 33.1 Å². The fourth-order valence-electron chi connectivity index (χ4n) is 1.60. The van der Waals surface area contributed by atoms with Gasteiger partial charge in [0.1, 0.15) is 6.61 Å². The Bertz CT molecular complexity index is 320. The summed E-state index contributed by atoms with van der Waals surface area (Å²) in [7, 11) is 1.58. The van der Waals surface area contributed by atoms with Gasteiger partial charge < -0.3 is 14.2 Å². The molecule has 2 unspecified atom stereocenters. The lowest BCUT2D eigenvalue weighted by Crippen LogP contribution is -2.26. The Balaban J connectivity index is 2.35. The molecule has 0 N–H and O–H groups in total. The summed E-state index contributed by atoms with van der Waals surface area (Å²) in [4.78, 5) is 11.7. The summed E-state index contributed by atoms with van der Waals surface area (Å²) < 4.78 is 15.8. The molecule has 4 nitrogen and oxygen atoms in total. The molecule has 0 aromatic heterocycles. The van der Waals surface area contributed by atoms with Crippen LogP contribution >= 0.6 is 0 Å². The summed E-state index contributed by atoms with van der Waals surface area (Å²) in [6.45, 7) is 4.06. The Hall–Kier alpha value is -1.13. The third-order valence-corrected chi connectivity index (χ3v) is 2.80. The first-order valence-electron chi connectivity index (χ1n) is 6.39. The topological polar surface area (TPSA) is 44.8 Å². The molecule has 0 saturated heterocycles. The van der Waals surface area contributed by atoms with Crippen LogP contribution in [-0.4, -0.2) is 32.1 Å². The summed E-state index contributed by atoms with van der Waals surface area (Å²) in [6.07, 6.45) is 7.94. The second-order valence-corrected chi connectivity index (χ2v) is 4.21. The van der Waals surface area contributed by atoms with E-state index in [9.17, 15) is 4.79 Å². The van der Waals surface area contributed by atoms with Crippen molar-refractivity contribution in [1.82, 2.24) is 0 Å². The highest BCUT2D eigenvalue weighted by atomic mass is 16.7. The lowest BCUT2D eigenvalue weighted by atomic mass is 10.1. The molecule has 18 heavy (non-hydrogen) atoms. The van der Waals surface area contributed by atoms with Crippen molar-refractivity contribution in [2.24, 2.45) is 0 Å². The second-order valence-electron chi connectivity index (χ2n) is 4.21. The van der Waals surface area contributed by atoms with Crippen molar-refractivity contribution in [2.75, 3.05) is 13.7 Å². The van der Waals surface area contributed by atoms with Crippen molar-refractivity contribution in [3.8, 4) is 0 Å². The average molecular weight is 254 g/mol. The molecule has 1 aliphatic rings. The van der Waals surface area contributed by atoms with E-state index < -0.39 is 0 Å². The van der Waals surface area contributed by atoms with Crippen molar-refractivity contribution >= 4 is 5.97 Å². The van der Waals surface area contributed by atoms with E-state index in [4.69, 9.17) is 14.2 Å². The molecule has 0 fully saturated rings. The lowest BCUT2D eigenvalue weighted by molar-refractivity contribution is -0.167. The van der Waals surface area contributed by atoms with Gasteiger partial charge in [-0.05, 0) is 26.2 Å². The number of carbonyl (C=O) groups is 1. The molecule has 0 spiro atoms. The molecule has 0 aliphatic heterocycles. The third kappa shape index (κ3) is 5.02. The van der Waals surface area contributed by atoms with Crippen LogP contribution in [0.2, 0.25) is 0 Å². The highest BCUT2D eigenvalue weighted by Gasteiger charge is 2.15. The van der Waals surface area contributed by atoms with Gasteiger partial charge >= 0.3 is 5.97 Å². The van der Waals surface area contributed by atoms with Crippen molar-refractivity contribution in [1.29, 1.82) is 0 Å². The predicted molar refractivity (Wildman–Crippen MR) is 69.1 cm³/mol. The summed E-state index contributed by atoms with van der Waals surface area (Å²) in [5.41, 5.74) is 0.635. The number of ether oxygens (including phenoxy) is 3. The molecule has 0 aromatic rings. The maximum Gasteiger partial charge on any atom is 0.337 e. The number of esters is 1. The monoisotopic (exact) mass is 254 g/mol. The predicted octanol–water partition coefficient (Wildman–Crippen LogP) is 2.59. The molecule has 0 bridgehead atoms. The van der Waals surface area contributed by atoms with Crippen LogP contribution in [0.4, 0.5) is 0 Å². The molecule has 4 heteroatoms. The molecule has 0 radical (unpaired) electrons. The molecule has 102 valence electrons. The summed E-state index contributed by atoms with van der Waals surface area (Å²) >= 11 is 0. The Morgan fingerprint density at radius 2 is 2.22 bits per heavy atom. The van der Waals surface area contributed by atoms with E-state index in [1.807, 2.05) is 32.1 Å². The minimum atomic E-state index is -0.289. The van der Waals surface area contributed by atoms with E-state index in [1.54, 1.807) is 7.11 Å². The van der Waals surface area contributed by atoms with Crippen molar-refractivity contribution in [2.45, 2.75) is 45.5 Å². The minimum Gasteiger partial charge on any atom is -0.459 e. The quantitative estimate of drug-likeness (QED) is 0.517. The highest BCUT2D eigenvalue weighted by molar-refractivity contribution is 5.91. The SMILES string of the molecule is CCC(COC(=O)C1=CCCC=C1)OC(C)OC. The van der Waals surface area contributed by atoms with E-state index in [2.05, 4.69) is 0 Å². The van der Waals surface area contributed by atoms with Crippen LogP contribution in [0.15, 0.2) is 23.8 Å². The van der Waals surface area contributed by atoms with Crippen LogP contribution < -0.4 is 0 Å². The Morgan fingerprint density at radius 3 is 2.78 bits per heavy atom. The Labute approximate surface area is 109 Å². The Kier molecular flexibility index (Phi) is 6.68. The van der Waals surface area contributed by atoms with Gasteiger partial charge in [0, 0.05) is 7.11 Å².